The molecule has 0 radical (unpaired) electrons. The molecule has 4 nitrogen and oxygen atoms in total. The summed E-state index contributed by atoms with van der Waals surface area (Å²) in [7, 11) is 1.52. The normalized spacial score (nSPS) is 20.0. The van der Waals surface area contributed by atoms with Crippen molar-refractivity contribution in [2.24, 2.45) is 11.1 Å². The van der Waals surface area contributed by atoms with Gasteiger partial charge >= 0.3 is 0 Å². The molecule has 0 saturated carbocycles. The number of nitrogens with two attached hydrogens (primary N) is 1. The van der Waals surface area contributed by atoms with E-state index in [0.717, 1.165) is 31.3 Å². The number of rotatable bonds is 3. The van der Waals surface area contributed by atoms with Crippen LogP contribution in [0.1, 0.15) is 32.6 Å². The fourth-order valence-electron chi connectivity index (χ4n) is 1.96. The molecule has 1 aliphatic rings. The Labute approximate surface area is 89.9 Å². The van der Waals surface area contributed by atoms with Gasteiger partial charge in [-0.3, -0.25) is 9.59 Å². The summed E-state index contributed by atoms with van der Waals surface area (Å²) in [6.07, 6.45) is 5.82. The van der Waals surface area contributed by atoms with Crippen LogP contribution in [0, 0.1) is 5.41 Å². The van der Waals surface area contributed by atoms with E-state index in [-0.39, 0.29) is 5.91 Å². The lowest BCUT2D eigenvalue weighted by atomic mass is 9.75. The van der Waals surface area contributed by atoms with Crippen LogP contribution < -0.4 is 11.1 Å². The first-order chi connectivity index (χ1) is 7.03. The molecule has 0 fully saturated rings. The van der Waals surface area contributed by atoms with E-state index in [9.17, 15) is 9.59 Å². The second-order valence-corrected chi connectivity index (χ2v) is 4.04. The summed E-state index contributed by atoms with van der Waals surface area (Å²) < 4.78 is 0. The Morgan fingerprint density at radius 3 is 2.53 bits per heavy atom. The van der Waals surface area contributed by atoms with Crippen molar-refractivity contribution < 1.29 is 9.59 Å². The van der Waals surface area contributed by atoms with E-state index in [4.69, 9.17) is 5.73 Å². The number of carbonyl (C=O) groups is 2. The molecule has 4 heteroatoms. The molecular weight excluding hydrogens is 192 g/mol. The predicted molar refractivity (Wildman–Crippen MR) is 57.9 cm³/mol. The van der Waals surface area contributed by atoms with Crippen LogP contribution in [0.3, 0.4) is 0 Å². The standard InChI is InChI=1S/C11H18N2O2/c1-11(9(12)14,10(15)13-2)8-6-4-3-5-7-8/h6H,3-5,7H2,1-2H3,(H2,12,14)(H,13,15). The first-order valence-electron chi connectivity index (χ1n) is 5.25. The molecule has 0 saturated heterocycles. The maximum Gasteiger partial charge on any atom is 0.239 e. The van der Waals surface area contributed by atoms with Crippen LogP contribution in [-0.2, 0) is 9.59 Å². The van der Waals surface area contributed by atoms with Crippen LogP contribution in [0.25, 0.3) is 0 Å². The molecular formula is C11H18N2O2. The second kappa shape index (κ2) is 4.47. The number of hydrogen-bond acceptors (Lipinski definition) is 2. The van der Waals surface area contributed by atoms with Gasteiger partial charge in [0, 0.05) is 7.05 Å². The zero-order valence-electron chi connectivity index (χ0n) is 9.30. The second-order valence-electron chi connectivity index (χ2n) is 4.04. The lowest BCUT2D eigenvalue weighted by Gasteiger charge is -2.29. The summed E-state index contributed by atoms with van der Waals surface area (Å²) in [4.78, 5) is 23.2. The van der Waals surface area contributed by atoms with Gasteiger partial charge in [-0.05, 0) is 38.2 Å². The summed E-state index contributed by atoms with van der Waals surface area (Å²) in [5, 5.41) is 2.50. The summed E-state index contributed by atoms with van der Waals surface area (Å²) in [6.45, 7) is 1.60. The monoisotopic (exact) mass is 210 g/mol. The Balaban J connectivity index is 3.05. The summed E-state index contributed by atoms with van der Waals surface area (Å²) >= 11 is 0. The minimum absolute atomic E-state index is 0.317. The lowest BCUT2D eigenvalue weighted by Crippen LogP contribution is -2.48. The summed E-state index contributed by atoms with van der Waals surface area (Å²) in [5.41, 5.74) is 5.03. The highest BCUT2D eigenvalue weighted by Crippen LogP contribution is 2.34. The van der Waals surface area contributed by atoms with Crippen LogP contribution in [0.15, 0.2) is 11.6 Å². The fraction of sp³-hybridized carbons (Fsp3) is 0.636. The molecule has 0 bridgehead atoms. The van der Waals surface area contributed by atoms with E-state index in [1.807, 2.05) is 6.08 Å². The topological polar surface area (TPSA) is 72.2 Å². The lowest BCUT2D eigenvalue weighted by molar-refractivity contribution is -0.138. The molecule has 1 unspecified atom stereocenters. The minimum Gasteiger partial charge on any atom is -0.368 e. The minimum atomic E-state index is -1.17. The third-order valence-electron chi connectivity index (χ3n) is 3.11. The summed E-state index contributed by atoms with van der Waals surface area (Å²) in [6, 6.07) is 0. The van der Waals surface area contributed by atoms with E-state index >= 15 is 0 Å². The number of amides is 2. The zero-order valence-corrected chi connectivity index (χ0v) is 9.30. The predicted octanol–water partition coefficient (Wildman–Crippen LogP) is 0.724. The molecule has 0 aliphatic heterocycles. The van der Waals surface area contributed by atoms with Gasteiger partial charge in [-0.25, -0.2) is 0 Å². The quantitative estimate of drug-likeness (QED) is 0.532. The maximum atomic E-state index is 11.7. The van der Waals surface area contributed by atoms with Crippen LogP contribution in [-0.4, -0.2) is 18.9 Å². The van der Waals surface area contributed by atoms with Gasteiger partial charge in [0.1, 0.15) is 5.41 Å². The number of nitrogens with one attached hydrogen (secondary N) is 1. The molecule has 1 atom stereocenters. The largest absolute Gasteiger partial charge is 0.368 e. The van der Waals surface area contributed by atoms with E-state index in [1.54, 1.807) is 6.92 Å². The number of hydrogen-bond donors (Lipinski definition) is 2. The molecule has 1 rings (SSSR count). The zero-order chi connectivity index (χ0) is 11.5. The van der Waals surface area contributed by atoms with Crippen LogP contribution >= 0.6 is 0 Å². The average Bonchev–Trinajstić information content (AvgIpc) is 2.27. The van der Waals surface area contributed by atoms with Crippen molar-refractivity contribution in [3.63, 3.8) is 0 Å². The Kier molecular flexibility index (Phi) is 3.50. The highest BCUT2D eigenvalue weighted by molar-refractivity contribution is 6.07. The molecule has 0 heterocycles. The number of allylic oxidation sites excluding steroid dienone is 1. The van der Waals surface area contributed by atoms with E-state index in [2.05, 4.69) is 5.32 Å². The van der Waals surface area contributed by atoms with Crippen molar-refractivity contribution in [2.45, 2.75) is 32.6 Å². The van der Waals surface area contributed by atoms with Crippen molar-refractivity contribution in [1.29, 1.82) is 0 Å². The molecule has 2 amide bonds. The highest BCUT2D eigenvalue weighted by Gasteiger charge is 2.42. The van der Waals surface area contributed by atoms with Gasteiger partial charge in [0.2, 0.25) is 11.8 Å². The first kappa shape index (κ1) is 11.8. The molecule has 0 aromatic rings. The van der Waals surface area contributed by atoms with E-state index < -0.39 is 11.3 Å². The van der Waals surface area contributed by atoms with Gasteiger partial charge in [0.05, 0.1) is 0 Å². The van der Waals surface area contributed by atoms with Gasteiger partial charge in [-0.2, -0.15) is 0 Å². The van der Waals surface area contributed by atoms with Crippen molar-refractivity contribution in [2.75, 3.05) is 7.05 Å². The number of carbonyl (C=O) groups excluding carboxylic acids is 2. The van der Waals surface area contributed by atoms with E-state index in [0.29, 0.717) is 0 Å². The molecule has 15 heavy (non-hydrogen) atoms. The molecule has 84 valence electrons. The third kappa shape index (κ3) is 2.03. The molecule has 3 N–H and O–H groups in total. The SMILES string of the molecule is CNC(=O)C(C)(C(N)=O)C1=CCCCC1. The Bertz CT molecular complexity index is 310. The molecule has 1 aliphatic carbocycles. The molecule has 0 aromatic heterocycles. The molecule has 0 spiro atoms. The van der Waals surface area contributed by atoms with Crippen molar-refractivity contribution in [3.8, 4) is 0 Å². The Hall–Kier alpha value is -1.32. The fourth-order valence-corrected chi connectivity index (χ4v) is 1.96. The van der Waals surface area contributed by atoms with Crippen LogP contribution in [0.2, 0.25) is 0 Å². The highest BCUT2D eigenvalue weighted by atomic mass is 16.2. The summed E-state index contributed by atoms with van der Waals surface area (Å²) in [5.74, 6) is -0.891. The van der Waals surface area contributed by atoms with Gasteiger partial charge < -0.3 is 11.1 Å². The third-order valence-corrected chi connectivity index (χ3v) is 3.11. The van der Waals surface area contributed by atoms with Crippen LogP contribution in [0.4, 0.5) is 0 Å². The van der Waals surface area contributed by atoms with Crippen molar-refractivity contribution in [1.82, 2.24) is 5.32 Å². The van der Waals surface area contributed by atoms with Crippen molar-refractivity contribution >= 4 is 11.8 Å². The van der Waals surface area contributed by atoms with Gasteiger partial charge in [0.25, 0.3) is 0 Å². The Morgan fingerprint density at radius 2 is 2.13 bits per heavy atom. The van der Waals surface area contributed by atoms with E-state index in [1.165, 1.54) is 7.05 Å². The van der Waals surface area contributed by atoms with Crippen LogP contribution in [0.5, 0.6) is 0 Å². The van der Waals surface area contributed by atoms with Gasteiger partial charge in [0.15, 0.2) is 0 Å². The van der Waals surface area contributed by atoms with Crippen molar-refractivity contribution in [3.05, 3.63) is 11.6 Å². The van der Waals surface area contributed by atoms with Gasteiger partial charge in [-0.15, -0.1) is 0 Å². The smallest absolute Gasteiger partial charge is 0.239 e. The molecule has 0 aromatic carbocycles. The Morgan fingerprint density at radius 1 is 1.47 bits per heavy atom. The average molecular weight is 210 g/mol. The number of primary amides is 1. The maximum absolute atomic E-state index is 11.7. The van der Waals surface area contributed by atoms with Gasteiger partial charge in [-0.1, -0.05) is 6.08 Å². The first-order valence-corrected chi connectivity index (χ1v) is 5.25.